The van der Waals surface area contributed by atoms with Crippen LogP contribution in [0.15, 0.2) is 47.8 Å². The first-order valence-electron chi connectivity index (χ1n) is 10.0. The lowest BCUT2D eigenvalue weighted by atomic mass is 10.0. The van der Waals surface area contributed by atoms with Gasteiger partial charge in [-0.05, 0) is 36.8 Å². The zero-order chi connectivity index (χ0) is 23.7. The summed E-state index contributed by atoms with van der Waals surface area (Å²) in [6.45, 7) is 1.93. The van der Waals surface area contributed by atoms with Gasteiger partial charge in [-0.3, -0.25) is 14.1 Å². The minimum Gasteiger partial charge on any atom is -0.493 e. The van der Waals surface area contributed by atoms with E-state index in [0.29, 0.717) is 33.5 Å². The number of nitrogens with zero attached hydrogens (tertiary/aromatic N) is 5. The Morgan fingerprint density at radius 3 is 2.45 bits per heavy atom. The maximum absolute atomic E-state index is 12.9. The quantitative estimate of drug-likeness (QED) is 0.428. The van der Waals surface area contributed by atoms with Gasteiger partial charge in [0, 0.05) is 37.6 Å². The molecule has 3 heterocycles. The Hall–Kier alpha value is -3.86. The third-order valence-corrected chi connectivity index (χ3v) is 6.15. The van der Waals surface area contributed by atoms with E-state index in [2.05, 4.69) is 19.9 Å². The van der Waals surface area contributed by atoms with Crippen molar-refractivity contribution in [2.75, 3.05) is 24.7 Å². The van der Waals surface area contributed by atoms with Crippen LogP contribution in [0.5, 0.6) is 11.5 Å². The molecule has 4 rings (SSSR count). The number of aryl methyl sites for hydroxylation is 3. The largest absolute Gasteiger partial charge is 0.493 e. The van der Waals surface area contributed by atoms with Crippen LogP contribution in [-0.4, -0.2) is 43.0 Å². The highest BCUT2D eigenvalue weighted by molar-refractivity contribution is 7.86. The summed E-state index contributed by atoms with van der Waals surface area (Å²) in [7, 11) is 5.14. The molecule has 3 N–H and O–H groups in total. The normalized spacial score (nSPS) is 11.9. The molecular formula is C22H25N7O3S. The van der Waals surface area contributed by atoms with Gasteiger partial charge < -0.3 is 15.2 Å². The molecule has 0 aliphatic heterocycles. The van der Waals surface area contributed by atoms with Crippen LogP contribution in [0.1, 0.15) is 5.69 Å². The Labute approximate surface area is 193 Å². The monoisotopic (exact) mass is 467 g/mol. The number of nitrogen functional groups attached to an aromatic ring is 1. The molecule has 0 saturated carbocycles. The second-order valence-electron chi connectivity index (χ2n) is 7.43. The lowest BCUT2D eigenvalue weighted by Gasteiger charge is -2.17. The van der Waals surface area contributed by atoms with Gasteiger partial charge in [-0.15, -0.1) is 0 Å². The Kier molecular flexibility index (Phi) is 6.05. The fourth-order valence-corrected chi connectivity index (χ4v) is 4.44. The first-order valence-corrected chi connectivity index (χ1v) is 11.2. The Bertz CT molecular complexity index is 1350. The number of nitrogens with one attached hydrogen (secondary N) is 1. The number of benzene rings is 1. The molecule has 11 heteroatoms. The number of ether oxygens (including phenoxy) is 2. The zero-order valence-corrected chi connectivity index (χ0v) is 19.8. The predicted octanol–water partition coefficient (Wildman–Crippen LogP) is 2.93. The number of anilines is 2. The van der Waals surface area contributed by atoms with Gasteiger partial charge in [0.05, 0.1) is 42.4 Å². The highest BCUT2D eigenvalue weighted by atomic mass is 32.2. The van der Waals surface area contributed by atoms with Gasteiger partial charge in [0.1, 0.15) is 5.82 Å². The molecule has 33 heavy (non-hydrogen) atoms. The summed E-state index contributed by atoms with van der Waals surface area (Å²) in [5.41, 5.74) is 10.8. The number of hydrogen-bond acceptors (Lipinski definition) is 7. The lowest BCUT2D eigenvalue weighted by Crippen LogP contribution is -2.07. The summed E-state index contributed by atoms with van der Waals surface area (Å²) in [5.74, 6) is 1.23. The van der Waals surface area contributed by atoms with Crippen LogP contribution in [0.2, 0.25) is 0 Å². The summed E-state index contributed by atoms with van der Waals surface area (Å²) in [6, 6.07) is 7.54. The first-order chi connectivity index (χ1) is 15.8. The molecule has 1 unspecified atom stereocenters. The Morgan fingerprint density at radius 1 is 1.06 bits per heavy atom. The van der Waals surface area contributed by atoms with Gasteiger partial charge in [-0.25, -0.2) is 9.19 Å². The van der Waals surface area contributed by atoms with Crippen LogP contribution in [0, 0.1) is 6.92 Å². The summed E-state index contributed by atoms with van der Waals surface area (Å²) in [6.07, 6.45) is 4.93. The van der Waals surface area contributed by atoms with Crippen LogP contribution in [0.3, 0.4) is 0 Å². The third kappa shape index (κ3) is 4.40. The van der Waals surface area contributed by atoms with Crippen molar-refractivity contribution in [1.82, 2.24) is 24.5 Å². The highest BCUT2D eigenvalue weighted by Crippen LogP contribution is 2.42. The van der Waals surface area contributed by atoms with E-state index in [1.807, 2.05) is 32.2 Å². The molecule has 172 valence electrons. The Morgan fingerprint density at radius 2 is 1.85 bits per heavy atom. The molecule has 1 atom stereocenters. The first kappa shape index (κ1) is 22.3. The van der Waals surface area contributed by atoms with Crippen LogP contribution < -0.4 is 19.9 Å². The lowest BCUT2D eigenvalue weighted by molar-refractivity contribution is 0.356. The third-order valence-electron chi connectivity index (χ3n) is 5.10. The molecule has 0 saturated heterocycles. The molecule has 10 nitrogen and oxygen atoms in total. The molecular weight excluding hydrogens is 442 g/mol. The molecule has 0 spiro atoms. The van der Waals surface area contributed by atoms with Gasteiger partial charge >= 0.3 is 0 Å². The van der Waals surface area contributed by atoms with E-state index < -0.39 is 11.0 Å². The molecule has 1 aromatic carbocycles. The topological polar surface area (TPSA) is 122 Å². The molecule has 0 bridgehead atoms. The van der Waals surface area contributed by atoms with Crippen LogP contribution in [-0.2, 0) is 25.1 Å². The number of pyridine rings is 1. The van der Waals surface area contributed by atoms with Crippen molar-refractivity contribution in [2.45, 2.75) is 11.8 Å². The van der Waals surface area contributed by atoms with E-state index in [1.54, 1.807) is 42.0 Å². The standard InChI is InChI=1S/C22H25N7O3S/c1-13-6-19(29(3)26-13)15-7-17(22(23)24-10-15)14-8-18(21(32-5)20(9-14)31-4)27-33(30)16-11-25-28(2)12-16/h6-12,27H,1-5H3,(H2,23,24). The molecule has 4 aromatic rings. The van der Waals surface area contributed by atoms with Gasteiger partial charge in [0.2, 0.25) is 0 Å². The predicted molar refractivity (Wildman–Crippen MR) is 127 cm³/mol. The van der Waals surface area contributed by atoms with Crippen molar-refractivity contribution in [3.63, 3.8) is 0 Å². The van der Waals surface area contributed by atoms with Gasteiger partial charge in [0.25, 0.3) is 0 Å². The van der Waals surface area contributed by atoms with Gasteiger partial charge in [0.15, 0.2) is 22.5 Å². The SMILES string of the molecule is COc1cc(-c2cc(-c3cc(C)nn3C)cnc2N)cc(NS(=O)c2cnn(C)c2)c1OC. The van der Waals surface area contributed by atoms with E-state index in [1.165, 1.54) is 13.3 Å². The molecule has 0 aliphatic rings. The molecule has 0 aliphatic carbocycles. The van der Waals surface area contributed by atoms with Crippen molar-refractivity contribution in [2.24, 2.45) is 14.1 Å². The van der Waals surface area contributed by atoms with Crippen LogP contribution >= 0.6 is 0 Å². The average Bonchev–Trinajstić information content (AvgIpc) is 3.38. The molecule has 0 radical (unpaired) electrons. The second kappa shape index (κ2) is 8.94. The van der Waals surface area contributed by atoms with E-state index >= 15 is 0 Å². The summed E-state index contributed by atoms with van der Waals surface area (Å²) >= 11 is 0. The van der Waals surface area contributed by atoms with E-state index in [-0.39, 0.29) is 0 Å². The fourth-order valence-electron chi connectivity index (χ4n) is 3.58. The number of rotatable bonds is 7. The number of hydrogen-bond donors (Lipinski definition) is 2. The smallest absolute Gasteiger partial charge is 0.184 e. The van der Waals surface area contributed by atoms with Crippen molar-refractivity contribution >= 4 is 22.5 Å². The van der Waals surface area contributed by atoms with E-state index in [9.17, 15) is 4.21 Å². The highest BCUT2D eigenvalue weighted by Gasteiger charge is 2.19. The van der Waals surface area contributed by atoms with Crippen LogP contribution in [0.25, 0.3) is 22.4 Å². The van der Waals surface area contributed by atoms with Crippen LogP contribution in [0.4, 0.5) is 11.5 Å². The van der Waals surface area contributed by atoms with Crippen molar-refractivity contribution in [3.05, 3.63) is 48.5 Å². The zero-order valence-electron chi connectivity index (χ0n) is 19.0. The van der Waals surface area contributed by atoms with E-state index in [0.717, 1.165) is 22.5 Å². The van der Waals surface area contributed by atoms with Crippen molar-refractivity contribution in [3.8, 4) is 33.9 Å². The summed E-state index contributed by atoms with van der Waals surface area (Å²) in [4.78, 5) is 4.92. The maximum Gasteiger partial charge on any atom is 0.184 e. The summed E-state index contributed by atoms with van der Waals surface area (Å²) in [5, 5.41) is 8.49. The number of aromatic nitrogens is 5. The van der Waals surface area contributed by atoms with Crippen molar-refractivity contribution < 1.29 is 13.7 Å². The van der Waals surface area contributed by atoms with Gasteiger partial charge in [-0.2, -0.15) is 10.2 Å². The maximum atomic E-state index is 12.9. The minimum atomic E-state index is -1.57. The van der Waals surface area contributed by atoms with Crippen molar-refractivity contribution in [1.29, 1.82) is 0 Å². The Balaban J connectivity index is 1.81. The molecule has 3 aromatic heterocycles. The number of nitrogens with two attached hydrogens (primary N) is 1. The van der Waals surface area contributed by atoms with E-state index in [4.69, 9.17) is 15.2 Å². The number of methoxy groups -OCH3 is 2. The average molecular weight is 468 g/mol. The van der Waals surface area contributed by atoms with Gasteiger partial charge in [-0.1, -0.05) is 0 Å². The molecule has 0 fully saturated rings. The fraction of sp³-hybridized carbons (Fsp3) is 0.227. The second-order valence-corrected chi connectivity index (χ2v) is 8.64. The summed E-state index contributed by atoms with van der Waals surface area (Å²) < 4.78 is 30.4. The minimum absolute atomic E-state index is 0.351. The molecule has 0 amide bonds.